The van der Waals surface area contributed by atoms with Gasteiger partial charge in [-0.3, -0.25) is 9.63 Å². The second-order valence-corrected chi connectivity index (χ2v) is 9.27. The van der Waals surface area contributed by atoms with Crippen LogP contribution in [0.15, 0.2) is 36.4 Å². The van der Waals surface area contributed by atoms with Gasteiger partial charge in [0.1, 0.15) is 29.1 Å². The Labute approximate surface area is 199 Å². The fourth-order valence-corrected chi connectivity index (χ4v) is 4.12. The van der Waals surface area contributed by atoms with Gasteiger partial charge in [0.25, 0.3) is 5.91 Å². The van der Waals surface area contributed by atoms with Crippen LogP contribution < -0.4 is 16.5 Å². The summed E-state index contributed by atoms with van der Waals surface area (Å²) in [7, 11) is 0. The van der Waals surface area contributed by atoms with Crippen LogP contribution in [0.4, 0.5) is 19.6 Å². The molecule has 0 fully saturated rings. The lowest BCUT2D eigenvalue weighted by molar-refractivity contribution is 0.00499. The summed E-state index contributed by atoms with van der Waals surface area (Å²) in [6.45, 7) is 4.83. The van der Waals surface area contributed by atoms with Gasteiger partial charge in [-0.15, -0.1) is 11.3 Å². The number of aliphatic hydroxyl groups is 2. The summed E-state index contributed by atoms with van der Waals surface area (Å²) >= 11 is 0.942. The first kappa shape index (κ1) is 25.7. The van der Waals surface area contributed by atoms with Crippen molar-refractivity contribution in [2.45, 2.75) is 39.1 Å². The molecule has 0 bridgehead atoms. The minimum atomic E-state index is -1.42. The molecule has 0 aliphatic carbocycles. The average Bonchev–Trinajstić information content (AvgIpc) is 3.13. The van der Waals surface area contributed by atoms with Crippen molar-refractivity contribution in [2.75, 3.05) is 11.9 Å². The van der Waals surface area contributed by atoms with Gasteiger partial charge in [-0.1, -0.05) is 6.07 Å². The molecule has 3 rings (SSSR count). The number of hydrogen-bond acceptors (Lipinski definition) is 8. The number of rotatable bonds is 10. The van der Waals surface area contributed by atoms with E-state index in [1.54, 1.807) is 25.1 Å². The summed E-state index contributed by atoms with van der Waals surface area (Å²) in [4.78, 5) is 21.8. The minimum absolute atomic E-state index is 0.0485. The van der Waals surface area contributed by atoms with Gasteiger partial charge in [0, 0.05) is 11.4 Å². The maximum Gasteiger partial charge on any atom is 0.251 e. The zero-order chi connectivity index (χ0) is 25.0. The van der Waals surface area contributed by atoms with Crippen LogP contribution in [0.1, 0.15) is 42.4 Å². The van der Waals surface area contributed by atoms with Crippen molar-refractivity contribution in [1.29, 1.82) is 0 Å². The number of nitrogens with two attached hydrogens (primary N) is 1. The second-order valence-electron chi connectivity index (χ2n) is 8.22. The van der Waals surface area contributed by atoms with Gasteiger partial charge in [-0.05, 0) is 56.7 Å². The predicted molar refractivity (Wildman–Crippen MR) is 125 cm³/mol. The molecule has 1 atom stereocenters. The van der Waals surface area contributed by atoms with E-state index in [0.29, 0.717) is 11.5 Å². The molecule has 34 heavy (non-hydrogen) atoms. The molecule has 11 heteroatoms. The highest BCUT2D eigenvalue weighted by atomic mass is 32.1. The highest BCUT2D eigenvalue weighted by molar-refractivity contribution is 7.20. The van der Waals surface area contributed by atoms with E-state index in [1.165, 1.54) is 19.9 Å². The number of primary amides is 1. The molecule has 0 spiro atoms. The molecule has 6 N–H and O–H groups in total. The van der Waals surface area contributed by atoms with Crippen molar-refractivity contribution in [3.05, 3.63) is 64.9 Å². The lowest BCUT2D eigenvalue weighted by atomic mass is 9.96. The first-order valence-corrected chi connectivity index (χ1v) is 11.2. The lowest BCUT2D eigenvalue weighted by Crippen LogP contribution is -2.24. The number of aromatic nitrogens is 1. The van der Waals surface area contributed by atoms with Crippen LogP contribution in [0.25, 0.3) is 10.4 Å². The first-order valence-electron chi connectivity index (χ1n) is 10.4. The molecule has 2 aromatic heterocycles. The van der Waals surface area contributed by atoms with Gasteiger partial charge >= 0.3 is 0 Å². The third kappa shape index (κ3) is 6.33. The highest BCUT2D eigenvalue weighted by Crippen LogP contribution is 2.40. The number of aliphatic hydroxyl groups excluding tert-OH is 1. The number of amides is 1. The summed E-state index contributed by atoms with van der Waals surface area (Å²) in [6, 6.07) is 8.52. The third-order valence-electron chi connectivity index (χ3n) is 4.74. The Bertz CT molecular complexity index is 1160. The smallest absolute Gasteiger partial charge is 0.251 e. The molecule has 3 aromatic rings. The Morgan fingerprint density at radius 1 is 1.26 bits per heavy atom. The van der Waals surface area contributed by atoms with E-state index in [4.69, 9.17) is 10.6 Å². The molecule has 2 heterocycles. The van der Waals surface area contributed by atoms with E-state index in [0.717, 1.165) is 23.5 Å². The monoisotopic (exact) mass is 492 g/mol. The third-order valence-corrected chi connectivity index (χ3v) is 5.81. The van der Waals surface area contributed by atoms with Crippen LogP contribution >= 0.6 is 11.3 Å². The molecule has 0 aliphatic heterocycles. The van der Waals surface area contributed by atoms with Crippen LogP contribution in [0.3, 0.4) is 0 Å². The van der Waals surface area contributed by atoms with Crippen LogP contribution in [0, 0.1) is 11.6 Å². The number of hydrogen-bond donors (Lipinski definition) is 5. The van der Waals surface area contributed by atoms with Crippen molar-refractivity contribution in [3.63, 3.8) is 0 Å². The summed E-state index contributed by atoms with van der Waals surface area (Å²) in [5.41, 5.74) is 7.05. The molecule has 182 valence electrons. The zero-order valence-electron chi connectivity index (χ0n) is 18.9. The fraction of sp³-hybridized carbons (Fsp3) is 0.304. The number of nitrogens with one attached hydrogen (secondary N) is 2. The second kappa shape index (κ2) is 10.5. The van der Waals surface area contributed by atoms with Crippen molar-refractivity contribution in [3.8, 4) is 10.4 Å². The number of pyridine rings is 1. The molecule has 1 unspecified atom stereocenters. The molecule has 0 saturated heterocycles. The van der Waals surface area contributed by atoms with Gasteiger partial charge in [-0.25, -0.2) is 13.8 Å². The molecule has 1 aromatic carbocycles. The maximum atomic E-state index is 14.8. The normalized spacial score (nSPS) is 12.6. The number of hydroxylamine groups is 1. The van der Waals surface area contributed by atoms with E-state index in [9.17, 15) is 23.8 Å². The lowest BCUT2D eigenvalue weighted by Gasteiger charge is -2.18. The van der Waals surface area contributed by atoms with E-state index in [1.807, 2.05) is 0 Å². The Morgan fingerprint density at radius 2 is 1.94 bits per heavy atom. The topological polar surface area (TPSA) is 130 Å². The average molecular weight is 493 g/mol. The fourth-order valence-electron chi connectivity index (χ4n) is 3.00. The number of benzene rings is 1. The Kier molecular flexibility index (Phi) is 7.95. The van der Waals surface area contributed by atoms with E-state index in [-0.39, 0.29) is 39.7 Å². The van der Waals surface area contributed by atoms with Gasteiger partial charge in [0.05, 0.1) is 28.5 Å². The van der Waals surface area contributed by atoms with Crippen LogP contribution in [0.2, 0.25) is 0 Å². The Morgan fingerprint density at radius 3 is 2.53 bits per heavy atom. The van der Waals surface area contributed by atoms with Crippen molar-refractivity contribution >= 4 is 28.1 Å². The number of anilines is 2. The molecule has 8 nitrogen and oxygen atoms in total. The van der Waals surface area contributed by atoms with Gasteiger partial charge in [0.15, 0.2) is 0 Å². The highest BCUT2D eigenvalue weighted by Gasteiger charge is 2.24. The standard InChI is InChI=1S/C23H26F2N4O4S/c1-12(30)10-27-33-11-14-5-4-6-19(28-14)29-22-15(21(26)31)9-18(34-22)20-16(24)7-13(8-17(20)25)23(2,3)32/h4-9,12,27,30,32H,10-11H2,1-3H3,(H2,26,31)(H,28,29). The quantitative estimate of drug-likeness (QED) is 0.216. The number of carbonyl (C=O) groups excluding carboxylic acids is 1. The van der Waals surface area contributed by atoms with Crippen molar-refractivity contribution < 1.29 is 28.6 Å². The maximum absolute atomic E-state index is 14.8. The summed E-state index contributed by atoms with van der Waals surface area (Å²) < 4.78 is 29.6. The number of nitrogens with zero attached hydrogens (tertiary/aromatic N) is 1. The predicted octanol–water partition coefficient (Wildman–Crippen LogP) is 3.56. The number of thiophene rings is 1. The first-order chi connectivity index (χ1) is 16.0. The zero-order valence-corrected chi connectivity index (χ0v) is 19.7. The van der Waals surface area contributed by atoms with E-state index >= 15 is 0 Å². The van der Waals surface area contributed by atoms with Crippen LogP contribution in [-0.4, -0.2) is 33.8 Å². The van der Waals surface area contributed by atoms with E-state index < -0.39 is 29.2 Å². The molecular weight excluding hydrogens is 466 g/mol. The van der Waals surface area contributed by atoms with E-state index in [2.05, 4.69) is 15.8 Å². The van der Waals surface area contributed by atoms with Gasteiger partial charge in [0.2, 0.25) is 0 Å². The molecule has 0 saturated carbocycles. The van der Waals surface area contributed by atoms with Gasteiger partial charge in [-0.2, -0.15) is 5.48 Å². The number of halogens is 2. The van der Waals surface area contributed by atoms with Gasteiger partial charge < -0.3 is 21.3 Å². The summed E-state index contributed by atoms with van der Waals surface area (Å²) in [5, 5.41) is 22.5. The SMILES string of the molecule is CC(O)CNOCc1cccc(Nc2sc(-c3c(F)cc(C(C)(C)O)cc3F)cc2C(N)=O)n1. The van der Waals surface area contributed by atoms with Crippen LogP contribution in [-0.2, 0) is 17.0 Å². The number of carbonyl (C=O) groups is 1. The summed E-state index contributed by atoms with van der Waals surface area (Å²) in [5.74, 6) is -2.16. The molecule has 0 radical (unpaired) electrons. The molecular formula is C23H26F2N4O4S. The van der Waals surface area contributed by atoms with Crippen LogP contribution in [0.5, 0.6) is 0 Å². The largest absolute Gasteiger partial charge is 0.392 e. The summed E-state index contributed by atoms with van der Waals surface area (Å²) in [6.07, 6.45) is -0.567. The molecule has 0 aliphatic rings. The minimum Gasteiger partial charge on any atom is -0.392 e. The van der Waals surface area contributed by atoms with Crippen molar-refractivity contribution in [2.24, 2.45) is 5.73 Å². The molecule has 1 amide bonds. The van der Waals surface area contributed by atoms with Crippen molar-refractivity contribution in [1.82, 2.24) is 10.5 Å². The Hall–Kier alpha value is -2.96. The Balaban J connectivity index is 1.88.